The maximum absolute atomic E-state index is 12.2. The predicted molar refractivity (Wildman–Crippen MR) is 75.4 cm³/mol. The molecule has 0 aromatic carbocycles. The molecule has 0 fully saturated rings. The van der Waals surface area contributed by atoms with Gasteiger partial charge in [-0.3, -0.25) is 9.59 Å². The largest absolute Gasteiger partial charge is 0.480 e. The molecule has 0 heterocycles. The molecule has 0 aliphatic carbocycles. The van der Waals surface area contributed by atoms with Gasteiger partial charge in [-0.05, 0) is 27.2 Å². The van der Waals surface area contributed by atoms with E-state index < -0.39 is 12.0 Å². The third-order valence-electron chi connectivity index (χ3n) is 2.53. The number of carboxylic acid groups (broad SMARTS) is 1. The normalized spacial score (nSPS) is 10.2. The third-order valence-corrected chi connectivity index (χ3v) is 2.53. The first-order valence-electron chi connectivity index (χ1n) is 6.86. The summed E-state index contributed by atoms with van der Waals surface area (Å²) in [6.07, 6.45) is 0.661. The first kappa shape index (κ1) is 18.2. The summed E-state index contributed by atoms with van der Waals surface area (Å²) in [5.74, 6) is -1.31. The van der Waals surface area contributed by atoms with E-state index in [-0.39, 0.29) is 25.0 Å². The van der Waals surface area contributed by atoms with E-state index in [9.17, 15) is 14.4 Å². The van der Waals surface area contributed by atoms with Gasteiger partial charge in [0.2, 0.25) is 5.91 Å². The van der Waals surface area contributed by atoms with Gasteiger partial charge in [-0.25, -0.2) is 4.79 Å². The van der Waals surface area contributed by atoms with E-state index in [1.165, 1.54) is 9.80 Å². The van der Waals surface area contributed by atoms with Crippen LogP contribution in [-0.4, -0.2) is 65.0 Å². The van der Waals surface area contributed by atoms with Crippen LogP contribution in [0.15, 0.2) is 0 Å². The van der Waals surface area contributed by atoms with Crippen LogP contribution < -0.4 is 5.32 Å². The molecule has 2 N–H and O–H groups in total. The molecule has 116 valence electrons. The predicted octanol–water partition coefficient (Wildman–Crippen LogP) is 0.750. The van der Waals surface area contributed by atoms with Crippen LogP contribution in [0.2, 0.25) is 0 Å². The molecule has 0 aromatic heterocycles. The number of carbonyl (C=O) groups is 3. The number of urea groups is 1. The van der Waals surface area contributed by atoms with Gasteiger partial charge in [0.25, 0.3) is 0 Å². The van der Waals surface area contributed by atoms with Crippen LogP contribution in [0.4, 0.5) is 4.79 Å². The smallest absolute Gasteiger partial charge is 0.323 e. The molecule has 0 aliphatic heterocycles. The molecular weight excluding hydrogens is 262 g/mol. The van der Waals surface area contributed by atoms with Gasteiger partial charge >= 0.3 is 12.0 Å². The summed E-state index contributed by atoms with van der Waals surface area (Å²) in [5, 5.41) is 11.5. The van der Waals surface area contributed by atoms with E-state index in [0.717, 1.165) is 0 Å². The van der Waals surface area contributed by atoms with Crippen LogP contribution in [0, 0.1) is 0 Å². The lowest BCUT2D eigenvalue weighted by Crippen LogP contribution is -2.49. The molecule has 0 spiro atoms. The topological polar surface area (TPSA) is 90.0 Å². The quantitative estimate of drug-likeness (QED) is 0.689. The Hall–Kier alpha value is -1.79. The average Bonchev–Trinajstić information content (AvgIpc) is 2.33. The van der Waals surface area contributed by atoms with Crippen molar-refractivity contribution < 1.29 is 19.5 Å². The fourth-order valence-electron chi connectivity index (χ4n) is 1.73. The van der Waals surface area contributed by atoms with Gasteiger partial charge in [0.15, 0.2) is 0 Å². The lowest BCUT2D eigenvalue weighted by molar-refractivity contribution is -0.137. The number of nitrogens with one attached hydrogen (secondary N) is 1. The average molecular weight is 287 g/mol. The first-order chi connectivity index (χ1) is 9.31. The fourth-order valence-corrected chi connectivity index (χ4v) is 1.73. The maximum Gasteiger partial charge on any atom is 0.323 e. The van der Waals surface area contributed by atoms with Gasteiger partial charge in [0, 0.05) is 19.1 Å². The molecule has 0 aromatic rings. The minimum absolute atomic E-state index is 0.00192. The summed E-state index contributed by atoms with van der Waals surface area (Å²) in [5.41, 5.74) is 0. The number of rotatable bonds is 8. The van der Waals surface area contributed by atoms with Gasteiger partial charge in [0.1, 0.15) is 13.1 Å². The Labute approximate surface area is 119 Å². The summed E-state index contributed by atoms with van der Waals surface area (Å²) >= 11 is 0. The fraction of sp³-hybridized carbons (Fsp3) is 0.769. The molecule has 7 heteroatoms. The van der Waals surface area contributed by atoms with Crippen molar-refractivity contribution in [2.75, 3.05) is 26.2 Å². The summed E-state index contributed by atoms with van der Waals surface area (Å²) in [4.78, 5) is 37.3. The van der Waals surface area contributed by atoms with Crippen LogP contribution >= 0.6 is 0 Å². The van der Waals surface area contributed by atoms with E-state index in [1.54, 1.807) is 6.92 Å². The van der Waals surface area contributed by atoms with Crippen LogP contribution in [-0.2, 0) is 9.59 Å². The molecule has 0 unspecified atom stereocenters. The number of amides is 3. The highest BCUT2D eigenvalue weighted by Crippen LogP contribution is 2.01. The van der Waals surface area contributed by atoms with Crippen molar-refractivity contribution in [3.05, 3.63) is 0 Å². The van der Waals surface area contributed by atoms with Crippen molar-refractivity contribution in [1.29, 1.82) is 0 Å². The van der Waals surface area contributed by atoms with E-state index in [2.05, 4.69) is 5.32 Å². The lowest BCUT2D eigenvalue weighted by Gasteiger charge is -2.28. The van der Waals surface area contributed by atoms with Crippen LogP contribution in [0.3, 0.4) is 0 Å². The van der Waals surface area contributed by atoms with E-state index in [4.69, 9.17) is 5.11 Å². The molecule has 0 bridgehead atoms. The number of hydrogen-bond donors (Lipinski definition) is 2. The van der Waals surface area contributed by atoms with E-state index >= 15 is 0 Å². The summed E-state index contributed by atoms with van der Waals surface area (Å²) in [6, 6.07) is -0.419. The Balaban J connectivity index is 4.70. The van der Waals surface area contributed by atoms with Gasteiger partial charge in [-0.2, -0.15) is 0 Å². The van der Waals surface area contributed by atoms with Gasteiger partial charge in [-0.1, -0.05) is 6.92 Å². The van der Waals surface area contributed by atoms with Gasteiger partial charge in [-0.15, -0.1) is 0 Å². The SMILES string of the molecule is CCCN(CC(=O)O)C(=O)N(CC)CC(=O)NC(C)C. The number of likely N-dealkylation sites (N-methyl/N-ethyl adjacent to an activating group) is 1. The van der Waals surface area contributed by atoms with E-state index in [1.807, 2.05) is 20.8 Å². The molecule has 20 heavy (non-hydrogen) atoms. The zero-order chi connectivity index (χ0) is 15.7. The number of carbonyl (C=O) groups excluding carboxylic acids is 2. The Kier molecular flexibility index (Phi) is 8.35. The van der Waals surface area contributed by atoms with Crippen LogP contribution in [0.1, 0.15) is 34.1 Å². The van der Waals surface area contributed by atoms with Crippen LogP contribution in [0.5, 0.6) is 0 Å². The highest BCUT2D eigenvalue weighted by atomic mass is 16.4. The second-order valence-corrected chi connectivity index (χ2v) is 4.83. The van der Waals surface area contributed by atoms with E-state index in [0.29, 0.717) is 19.5 Å². The zero-order valence-electron chi connectivity index (χ0n) is 12.7. The molecular formula is C13H25N3O4. The minimum atomic E-state index is -1.06. The molecule has 0 saturated heterocycles. The Bertz CT molecular complexity index is 345. The standard InChI is InChI=1S/C13H25N3O4/c1-5-7-16(9-12(18)19)13(20)15(6-2)8-11(17)14-10(3)4/h10H,5-9H2,1-4H3,(H,14,17)(H,18,19). The second-order valence-electron chi connectivity index (χ2n) is 4.83. The van der Waals surface area contributed by atoms with Crippen LogP contribution in [0.25, 0.3) is 0 Å². The van der Waals surface area contributed by atoms with Gasteiger partial charge in [0.05, 0.1) is 0 Å². The highest BCUT2D eigenvalue weighted by molar-refractivity contribution is 5.85. The van der Waals surface area contributed by atoms with Gasteiger partial charge < -0.3 is 20.2 Å². The second kappa shape index (κ2) is 9.17. The summed E-state index contributed by atoms with van der Waals surface area (Å²) in [7, 11) is 0. The van der Waals surface area contributed by atoms with Crippen molar-refractivity contribution in [3.8, 4) is 0 Å². The molecule has 7 nitrogen and oxygen atoms in total. The number of carboxylic acids is 1. The number of aliphatic carboxylic acids is 1. The Morgan fingerprint density at radius 1 is 1.10 bits per heavy atom. The number of nitrogens with zero attached hydrogens (tertiary/aromatic N) is 2. The summed E-state index contributed by atoms with van der Waals surface area (Å²) < 4.78 is 0. The Morgan fingerprint density at radius 3 is 2.10 bits per heavy atom. The van der Waals surface area contributed by atoms with Crippen molar-refractivity contribution in [2.24, 2.45) is 0 Å². The first-order valence-corrected chi connectivity index (χ1v) is 6.86. The molecule has 0 rings (SSSR count). The van der Waals surface area contributed by atoms with Crippen molar-refractivity contribution in [2.45, 2.75) is 40.2 Å². The van der Waals surface area contributed by atoms with Crippen molar-refractivity contribution in [3.63, 3.8) is 0 Å². The molecule has 0 aliphatic rings. The Morgan fingerprint density at radius 2 is 1.70 bits per heavy atom. The minimum Gasteiger partial charge on any atom is -0.480 e. The monoisotopic (exact) mass is 287 g/mol. The summed E-state index contributed by atoms with van der Waals surface area (Å²) in [6.45, 7) is 7.59. The lowest BCUT2D eigenvalue weighted by atomic mass is 10.3. The third kappa shape index (κ3) is 6.96. The zero-order valence-corrected chi connectivity index (χ0v) is 12.7. The molecule has 0 saturated carbocycles. The molecule has 0 atom stereocenters. The molecule has 0 radical (unpaired) electrons. The maximum atomic E-state index is 12.2. The molecule has 3 amide bonds. The number of hydrogen-bond acceptors (Lipinski definition) is 3. The van der Waals surface area contributed by atoms with Crippen molar-refractivity contribution >= 4 is 17.9 Å². The highest BCUT2D eigenvalue weighted by Gasteiger charge is 2.23. The van der Waals surface area contributed by atoms with Crippen molar-refractivity contribution in [1.82, 2.24) is 15.1 Å².